The highest BCUT2D eigenvalue weighted by molar-refractivity contribution is 8.76. The number of β-amino-alcohol motifs (C(OH)–C–C–N with tert-alkyl or cyclic N) is 1. The number of hydrogen-bond donors (Lipinski definition) is 4. The molecule has 0 fully saturated rings. The molecule has 1 aliphatic heterocycles. The van der Waals surface area contributed by atoms with Crippen molar-refractivity contribution in [2.24, 2.45) is 0 Å². The molecular formula is C34H41N4O2S2+. The smallest absolute Gasteiger partial charge is 0.171 e. The lowest BCUT2D eigenvalue weighted by Gasteiger charge is -2.20. The second kappa shape index (κ2) is 18.2. The zero-order valence-electron chi connectivity index (χ0n) is 23.9. The third kappa shape index (κ3) is 11.4. The number of rotatable bonds is 17. The molecule has 0 saturated heterocycles. The van der Waals surface area contributed by atoms with Gasteiger partial charge < -0.3 is 25.7 Å². The Morgan fingerprint density at radius 1 is 0.714 bits per heavy atom. The van der Waals surface area contributed by atoms with E-state index in [4.69, 9.17) is 10.2 Å². The Morgan fingerprint density at radius 2 is 1.26 bits per heavy atom. The molecule has 0 saturated carbocycles. The third-order valence-electron chi connectivity index (χ3n) is 6.57. The van der Waals surface area contributed by atoms with Crippen LogP contribution in [0.25, 0.3) is 18.2 Å². The van der Waals surface area contributed by atoms with Gasteiger partial charge in [-0.05, 0) is 52.6 Å². The summed E-state index contributed by atoms with van der Waals surface area (Å²) in [5.74, 6) is 2.09. The summed E-state index contributed by atoms with van der Waals surface area (Å²) in [6.45, 7) is 4.32. The normalized spacial score (nSPS) is 13.2. The Hall–Kier alpha value is -3.43. The summed E-state index contributed by atoms with van der Waals surface area (Å²) in [5.41, 5.74) is 6.95. The lowest BCUT2D eigenvalue weighted by atomic mass is 10.1. The molecule has 2 heterocycles. The zero-order chi connectivity index (χ0) is 29.2. The first-order valence-corrected chi connectivity index (χ1v) is 16.8. The van der Waals surface area contributed by atoms with Crippen LogP contribution in [-0.4, -0.2) is 66.0 Å². The summed E-state index contributed by atoms with van der Waals surface area (Å²) in [7, 11) is 3.80. The minimum absolute atomic E-state index is 0.149. The number of aliphatic hydroxyl groups excluding tert-OH is 2. The summed E-state index contributed by atoms with van der Waals surface area (Å²) in [6.07, 6.45) is 18.7. The number of allylic oxidation sites excluding steroid dienone is 3. The van der Waals surface area contributed by atoms with E-state index in [1.54, 1.807) is 0 Å². The summed E-state index contributed by atoms with van der Waals surface area (Å²) in [5, 5.41) is 25.1. The molecule has 0 radical (unpaired) electrons. The predicted octanol–water partition coefficient (Wildman–Crippen LogP) is 5.80. The molecule has 0 spiro atoms. The van der Waals surface area contributed by atoms with Crippen molar-refractivity contribution in [2.75, 3.05) is 61.5 Å². The molecule has 220 valence electrons. The van der Waals surface area contributed by atoms with Crippen molar-refractivity contribution < 1.29 is 14.8 Å². The molecule has 2 aromatic carbocycles. The molecule has 0 amide bonds. The van der Waals surface area contributed by atoms with Crippen LogP contribution in [0, 0.1) is 0 Å². The highest BCUT2D eigenvalue weighted by atomic mass is 33.1. The van der Waals surface area contributed by atoms with E-state index in [-0.39, 0.29) is 13.2 Å². The summed E-state index contributed by atoms with van der Waals surface area (Å²) in [6, 6.07) is 21.1. The van der Waals surface area contributed by atoms with E-state index >= 15 is 0 Å². The van der Waals surface area contributed by atoms with Crippen LogP contribution in [-0.2, 0) is 6.54 Å². The second-order valence-corrected chi connectivity index (χ2v) is 12.4. The molecule has 4 rings (SSSR count). The average molecular weight is 602 g/mol. The molecule has 3 aromatic rings. The van der Waals surface area contributed by atoms with Gasteiger partial charge in [0.1, 0.15) is 6.61 Å². The molecule has 6 nitrogen and oxygen atoms in total. The first kappa shape index (κ1) is 31.5. The van der Waals surface area contributed by atoms with Gasteiger partial charge in [0.15, 0.2) is 18.9 Å². The van der Waals surface area contributed by atoms with Crippen molar-refractivity contribution in [3.05, 3.63) is 120 Å². The maximum Gasteiger partial charge on any atom is 0.171 e. The van der Waals surface area contributed by atoms with Crippen LogP contribution in [0.4, 0.5) is 11.4 Å². The van der Waals surface area contributed by atoms with E-state index in [2.05, 4.69) is 101 Å². The van der Waals surface area contributed by atoms with Gasteiger partial charge in [-0.2, -0.15) is 0 Å². The van der Waals surface area contributed by atoms with Gasteiger partial charge in [0.2, 0.25) is 0 Å². The number of aromatic nitrogens is 1. The molecule has 0 bridgehead atoms. The molecule has 1 aromatic heterocycles. The van der Waals surface area contributed by atoms with Crippen LogP contribution in [0.15, 0.2) is 103 Å². The molecule has 8 heteroatoms. The van der Waals surface area contributed by atoms with Crippen molar-refractivity contribution in [2.45, 2.75) is 6.54 Å². The van der Waals surface area contributed by atoms with Crippen molar-refractivity contribution in [1.82, 2.24) is 4.90 Å². The number of pyridine rings is 1. The quantitative estimate of drug-likeness (QED) is 0.0885. The first-order valence-electron chi connectivity index (χ1n) is 14.3. The molecule has 0 atom stereocenters. The predicted molar refractivity (Wildman–Crippen MR) is 182 cm³/mol. The molecule has 0 aliphatic carbocycles. The Kier molecular flexibility index (Phi) is 13.6. The highest BCUT2D eigenvalue weighted by Crippen LogP contribution is 2.21. The Morgan fingerprint density at radius 3 is 1.76 bits per heavy atom. The number of hydrogen-bond acceptors (Lipinski definition) is 7. The van der Waals surface area contributed by atoms with Crippen LogP contribution in [0.2, 0.25) is 0 Å². The van der Waals surface area contributed by atoms with Gasteiger partial charge in [0.25, 0.3) is 0 Å². The van der Waals surface area contributed by atoms with Crippen molar-refractivity contribution in [3.8, 4) is 0 Å². The Bertz CT molecular complexity index is 1320. The van der Waals surface area contributed by atoms with E-state index in [0.29, 0.717) is 13.1 Å². The van der Waals surface area contributed by atoms with Gasteiger partial charge in [-0.15, -0.1) is 0 Å². The monoisotopic (exact) mass is 601 g/mol. The van der Waals surface area contributed by atoms with Gasteiger partial charge in [0, 0.05) is 67.4 Å². The fraction of sp³-hybridized carbons (Fsp3) is 0.265. The summed E-state index contributed by atoms with van der Waals surface area (Å²) < 4.78 is 1.97. The Labute approximate surface area is 258 Å². The largest absolute Gasteiger partial charge is 0.395 e. The van der Waals surface area contributed by atoms with E-state index < -0.39 is 0 Å². The molecular weight excluding hydrogens is 561 g/mol. The van der Waals surface area contributed by atoms with Crippen LogP contribution in [0.3, 0.4) is 0 Å². The van der Waals surface area contributed by atoms with Gasteiger partial charge in [-0.3, -0.25) is 0 Å². The minimum Gasteiger partial charge on any atom is -0.395 e. The van der Waals surface area contributed by atoms with Crippen molar-refractivity contribution in [3.63, 3.8) is 0 Å². The number of benzene rings is 2. The SMILES string of the molecule is OCCN1C=CC(/C=C/c2ccc(NCCSSCCNc3ccc(/C=C/c4cc[n+](CCO)cc4)cc3)cc2)=CC1. The minimum atomic E-state index is 0.149. The van der Waals surface area contributed by atoms with Gasteiger partial charge in [-0.1, -0.05) is 76.2 Å². The highest BCUT2D eigenvalue weighted by Gasteiger charge is 2.02. The van der Waals surface area contributed by atoms with Gasteiger partial charge in [0.05, 0.1) is 6.61 Å². The fourth-order valence-electron chi connectivity index (χ4n) is 4.21. The van der Waals surface area contributed by atoms with E-state index in [1.807, 2.05) is 56.9 Å². The molecule has 4 N–H and O–H groups in total. The fourth-order valence-corrected chi connectivity index (χ4v) is 6.02. The standard InChI is InChI=1S/C34H40N4O2S2/c39-25-23-37-19-13-31(14-20-37)3-1-29-5-9-33(10-6-29)35-17-27-41-42-28-18-36-34-11-7-30(8-12-34)2-4-32-15-21-38(22-16-32)24-26-40/h1-16,19-21,36,39-40H,17-18,22-28H2/p+1/b4-2+. The number of nitrogens with zero attached hydrogens (tertiary/aromatic N) is 2. The van der Waals surface area contributed by atoms with E-state index in [0.717, 1.165) is 53.6 Å². The number of nitrogens with one attached hydrogen (secondary N) is 2. The Balaban J connectivity index is 1.04. The van der Waals surface area contributed by atoms with Crippen LogP contribution >= 0.6 is 21.6 Å². The van der Waals surface area contributed by atoms with E-state index in [1.165, 1.54) is 11.1 Å². The number of anilines is 2. The maximum absolute atomic E-state index is 9.04. The zero-order valence-corrected chi connectivity index (χ0v) is 25.6. The van der Waals surface area contributed by atoms with Crippen LogP contribution < -0.4 is 15.2 Å². The molecule has 1 aliphatic rings. The van der Waals surface area contributed by atoms with Crippen LogP contribution in [0.1, 0.15) is 16.7 Å². The van der Waals surface area contributed by atoms with E-state index in [9.17, 15) is 0 Å². The van der Waals surface area contributed by atoms with Crippen molar-refractivity contribution >= 4 is 51.2 Å². The summed E-state index contributed by atoms with van der Waals surface area (Å²) in [4.78, 5) is 2.09. The lowest BCUT2D eigenvalue weighted by Crippen LogP contribution is -2.34. The average Bonchev–Trinajstić information content (AvgIpc) is 3.03. The summed E-state index contributed by atoms with van der Waals surface area (Å²) >= 11 is 0. The topological polar surface area (TPSA) is 71.6 Å². The van der Waals surface area contributed by atoms with Crippen LogP contribution in [0.5, 0.6) is 0 Å². The number of aliphatic hydroxyl groups is 2. The van der Waals surface area contributed by atoms with Crippen molar-refractivity contribution in [1.29, 1.82) is 0 Å². The molecule has 42 heavy (non-hydrogen) atoms. The third-order valence-corrected chi connectivity index (χ3v) is 8.98. The van der Waals surface area contributed by atoms with Gasteiger partial charge >= 0.3 is 0 Å². The first-order chi connectivity index (χ1) is 20.7. The lowest BCUT2D eigenvalue weighted by molar-refractivity contribution is -0.698. The van der Waals surface area contributed by atoms with Gasteiger partial charge in [-0.25, -0.2) is 4.57 Å². The maximum atomic E-state index is 9.04. The molecule has 0 unspecified atom stereocenters. The second-order valence-electron chi connectivity index (χ2n) is 9.74.